The van der Waals surface area contributed by atoms with Crippen molar-refractivity contribution >= 4 is 29.1 Å². The first-order chi connectivity index (χ1) is 22.3. The largest absolute Gasteiger partial charge is 0.480 e. The van der Waals surface area contributed by atoms with Gasteiger partial charge >= 0.3 is 0 Å². The number of carbonyl (C=O) groups excluding carboxylic acids is 1. The molecule has 0 radical (unpaired) electrons. The molecule has 2 fully saturated rings. The number of rotatable bonds is 11. The van der Waals surface area contributed by atoms with Gasteiger partial charge in [0.25, 0.3) is 0 Å². The fourth-order valence-electron chi connectivity index (χ4n) is 6.11. The number of aliphatic hydroxyl groups is 1. The maximum atomic E-state index is 11.5. The molecule has 0 bridgehead atoms. The Morgan fingerprint density at radius 2 is 1.48 bits per heavy atom. The van der Waals surface area contributed by atoms with Gasteiger partial charge in [-0.2, -0.15) is 0 Å². The van der Waals surface area contributed by atoms with Crippen LogP contribution in [0, 0.1) is 0 Å². The highest BCUT2D eigenvalue weighted by molar-refractivity contribution is 6.39. The minimum Gasteiger partial charge on any atom is -0.480 e. The van der Waals surface area contributed by atoms with Crippen LogP contribution in [0.4, 0.5) is 0 Å². The summed E-state index contributed by atoms with van der Waals surface area (Å²) in [4.78, 5) is 32.5. The van der Waals surface area contributed by atoms with Crippen LogP contribution in [0.25, 0.3) is 33.6 Å². The number of methoxy groups -OCH3 is 2. The molecular formula is C34H36Cl2N6O4. The molecule has 4 heterocycles. The topological polar surface area (TPSA) is 123 Å². The number of nitrogens with zero attached hydrogens (tertiary/aromatic N) is 5. The number of benzene rings is 2. The fourth-order valence-corrected chi connectivity index (χ4v) is 6.76. The van der Waals surface area contributed by atoms with E-state index in [1.165, 1.54) is 0 Å². The summed E-state index contributed by atoms with van der Waals surface area (Å²) in [5, 5.41) is 13.9. The van der Waals surface area contributed by atoms with E-state index < -0.39 is 0 Å². The van der Waals surface area contributed by atoms with Crippen molar-refractivity contribution in [3.05, 3.63) is 70.2 Å². The third kappa shape index (κ3) is 6.95. The van der Waals surface area contributed by atoms with Crippen LogP contribution < -0.4 is 14.8 Å². The second kappa shape index (κ2) is 14.3. The molecule has 0 spiro atoms. The Morgan fingerprint density at radius 3 is 2.02 bits per heavy atom. The van der Waals surface area contributed by atoms with Gasteiger partial charge in [0.15, 0.2) is 0 Å². The summed E-state index contributed by atoms with van der Waals surface area (Å²) in [5.41, 5.74) is 5.48. The number of nitrogens with one attached hydrogen (secondary N) is 1. The molecule has 0 saturated carbocycles. The second-order valence-electron chi connectivity index (χ2n) is 11.6. The number of aryl methyl sites for hydroxylation is 1. The van der Waals surface area contributed by atoms with Crippen LogP contribution >= 0.6 is 23.2 Å². The van der Waals surface area contributed by atoms with Gasteiger partial charge < -0.3 is 19.9 Å². The lowest BCUT2D eigenvalue weighted by molar-refractivity contribution is -0.119. The molecule has 0 unspecified atom stereocenters. The Kier molecular flexibility index (Phi) is 9.98. The Bertz CT molecular complexity index is 1740. The lowest BCUT2D eigenvalue weighted by Gasteiger charge is -2.17. The minimum atomic E-state index is -0.317. The van der Waals surface area contributed by atoms with E-state index in [0.29, 0.717) is 75.9 Å². The molecule has 240 valence electrons. The van der Waals surface area contributed by atoms with Crippen molar-refractivity contribution in [3.63, 3.8) is 0 Å². The van der Waals surface area contributed by atoms with Crippen LogP contribution in [0.1, 0.15) is 43.5 Å². The van der Waals surface area contributed by atoms with Crippen LogP contribution in [-0.2, 0) is 17.8 Å². The number of hydrogen-bond acceptors (Lipinski definition) is 9. The standard InChI is InChI=1S/C34H36Cl2N6O4/c1-45-33-26(11-3-6-20-12-13-30(44)39-20)37-16-27(40-33)24-9-4-7-22(31(24)35)23-8-5-10-25(32(23)36)28-17-38-29(34(41-28)46-2)19-42-15-14-21(43)18-42/h4-5,7-10,16-17,20-21,43H,3,6,11-15,18-19H2,1-2H3,(H,39,44)/t20-,21-/m1/s1. The van der Waals surface area contributed by atoms with Gasteiger partial charge in [0.1, 0.15) is 11.4 Å². The van der Waals surface area contributed by atoms with Gasteiger partial charge in [0, 0.05) is 54.4 Å². The maximum absolute atomic E-state index is 11.5. The zero-order chi connectivity index (χ0) is 32.2. The van der Waals surface area contributed by atoms with E-state index in [9.17, 15) is 9.90 Å². The van der Waals surface area contributed by atoms with Crippen LogP contribution in [0.5, 0.6) is 11.8 Å². The summed E-state index contributed by atoms with van der Waals surface area (Å²) < 4.78 is 11.2. The number of aromatic nitrogens is 4. The highest BCUT2D eigenvalue weighted by Crippen LogP contribution is 2.42. The Labute approximate surface area is 278 Å². The van der Waals surface area contributed by atoms with Gasteiger partial charge in [0.05, 0.1) is 54.2 Å². The molecule has 12 heteroatoms. The smallest absolute Gasteiger partial charge is 0.237 e. The summed E-state index contributed by atoms with van der Waals surface area (Å²) in [6.45, 7) is 1.94. The number of β-amino-alcohol motifs (C(OH)–C–C–N with tert-alkyl or cyclic N) is 1. The van der Waals surface area contributed by atoms with Crippen molar-refractivity contribution in [1.29, 1.82) is 0 Å². The molecule has 1 amide bonds. The van der Waals surface area contributed by atoms with Crippen molar-refractivity contribution in [2.45, 2.75) is 57.2 Å². The molecule has 2 saturated heterocycles. The molecule has 2 aliphatic rings. The summed E-state index contributed by atoms with van der Waals surface area (Å²) >= 11 is 14.1. The van der Waals surface area contributed by atoms with Crippen LogP contribution in [0.15, 0.2) is 48.8 Å². The lowest BCUT2D eigenvalue weighted by atomic mass is 9.98. The van der Waals surface area contributed by atoms with Crippen molar-refractivity contribution in [3.8, 4) is 45.4 Å². The van der Waals surface area contributed by atoms with Crippen molar-refractivity contribution in [2.24, 2.45) is 0 Å². The molecule has 2 atom stereocenters. The highest BCUT2D eigenvalue weighted by Gasteiger charge is 2.24. The van der Waals surface area contributed by atoms with E-state index in [1.807, 2.05) is 36.4 Å². The molecule has 6 rings (SSSR count). The van der Waals surface area contributed by atoms with Gasteiger partial charge in [-0.1, -0.05) is 59.6 Å². The normalized spacial score (nSPS) is 18.2. The number of likely N-dealkylation sites (tertiary alicyclic amines) is 1. The third-order valence-corrected chi connectivity index (χ3v) is 9.34. The first-order valence-electron chi connectivity index (χ1n) is 15.4. The zero-order valence-electron chi connectivity index (χ0n) is 25.8. The average Bonchev–Trinajstić information content (AvgIpc) is 3.68. The average molecular weight is 664 g/mol. The molecule has 2 aromatic carbocycles. The van der Waals surface area contributed by atoms with E-state index in [-0.39, 0.29) is 18.1 Å². The van der Waals surface area contributed by atoms with Gasteiger partial charge in [-0.05, 0) is 32.1 Å². The number of aliphatic hydroxyl groups excluding tert-OH is 1. The highest BCUT2D eigenvalue weighted by atomic mass is 35.5. The molecule has 0 aliphatic carbocycles. The SMILES string of the molecule is COc1nc(-c2cccc(-c3cccc(-c4cnc(CN5CC[C@@H](O)C5)c(OC)n4)c3Cl)c2Cl)cnc1CCC[C@@H]1CCC(=O)N1. The molecule has 4 aromatic rings. The molecular weight excluding hydrogens is 627 g/mol. The molecule has 2 aromatic heterocycles. The summed E-state index contributed by atoms with van der Waals surface area (Å²) in [6, 6.07) is 11.6. The Balaban J connectivity index is 1.24. The quantitative estimate of drug-likeness (QED) is 0.206. The summed E-state index contributed by atoms with van der Waals surface area (Å²) in [6.07, 6.45) is 7.75. The molecule has 46 heavy (non-hydrogen) atoms. The van der Waals surface area contributed by atoms with E-state index in [4.69, 9.17) is 42.6 Å². The number of ether oxygens (including phenoxy) is 2. The summed E-state index contributed by atoms with van der Waals surface area (Å²) in [5.74, 6) is 0.991. The minimum absolute atomic E-state index is 0.123. The Hall–Kier alpha value is -3.83. The van der Waals surface area contributed by atoms with Gasteiger partial charge in [-0.15, -0.1) is 0 Å². The van der Waals surface area contributed by atoms with Crippen LogP contribution in [-0.4, -0.2) is 75.3 Å². The zero-order valence-corrected chi connectivity index (χ0v) is 27.3. The predicted octanol–water partition coefficient (Wildman–Crippen LogP) is 5.76. The van der Waals surface area contributed by atoms with E-state index >= 15 is 0 Å². The van der Waals surface area contributed by atoms with Crippen LogP contribution in [0.2, 0.25) is 10.0 Å². The van der Waals surface area contributed by atoms with Gasteiger partial charge in [-0.3, -0.25) is 19.7 Å². The van der Waals surface area contributed by atoms with Crippen molar-refractivity contribution < 1.29 is 19.4 Å². The second-order valence-corrected chi connectivity index (χ2v) is 12.4. The first-order valence-corrected chi connectivity index (χ1v) is 16.2. The molecule has 10 nitrogen and oxygen atoms in total. The van der Waals surface area contributed by atoms with Crippen molar-refractivity contribution in [1.82, 2.24) is 30.2 Å². The fraction of sp³-hybridized carbons (Fsp3) is 0.382. The van der Waals surface area contributed by atoms with E-state index in [2.05, 4.69) is 20.2 Å². The summed E-state index contributed by atoms with van der Waals surface area (Å²) in [7, 11) is 3.15. The molecule has 2 aliphatic heterocycles. The van der Waals surface area contributed by atoms with Crippen LogP contribution in [0.3, 0.4) is 0 Å². The number of halogens is 2. The maximum Gasteiger partial charge on any atom is 0.237 e. The predicted molar refractivity (Wildman–Crippen MR) is 177 cm³/mol. The van der Waals surface area contributed by atoms with Crippen molar-refractivity contribution in [2.75, 3.05) is 27.3 Å². The molecule has 2 N–H and O–H groups in total. The number of carbonyl (C=O) groups is 1. The van der Waals surface area contributed by atoms with E-state index in [0.717, 1.165) is 49.0 Å². The lowest BCUT2D eigenvalue weighted by Crippen LogP contribution is -2.25. The monoisotopic (exact) mass is 662 g/mol. The van der Waals surface area contributed by atoms with Gasteiger partial charge in [0.2, 0.25) is 17.7 Å². The van der Waals surface area contributed by atoms with Gasteiger partial charge in [-0.25, -0.2) is 9.97 Å². The number of amides is 1. The third-order valence-electron chi connectivity index (χ3n) is 8.52. The Morgan fingerprint density at radius 1 is 0.891 bits per heavy atom. The first kappa shape index (κ1) is 32.1. The number of hydrogen-bond donors (Lipinski definition) is 2. The van der Waals surface area contributed by atoms with E-state index in [1.54, 1.807) is 26.6 Å².